The molecule has 192 valence electrons. The van der Waals surface area contributed by atoms with E-state index in [0.29, 0.717) is 33.7 Å². The molecule has 1 saturated heterocycles. The first-order valence-electron chi connectivity index (χ1n) is 11.1. The van der Waals surface area contributed by atoms with Gasteiger partial charge in [-0.25, -0.2) is 14.0 Å². The van der Waals surface area contributed by atoms with Crippen LogP contribution in [0.1, 0.15) is 34.4 Å². The smallest absolute Gasteiger partial charge is 0.373 e. The molecule has 2 aromatic carbocycles. The lowest BCUT2D eigenvalue weighted by atomic mass is 10.1. The van der Waals surface area contributed by atoms with Crippen LogP contribution in [0, 0.1) is 5.82 Å². The molecule has 11 heteroatoms. The number of halogens is 2. The number of ether oxygens (including phenoxy) is 3. The van der Waals surface area contributed by atoms with Crippen LogP contribution in [0.4, 0.5) is 9.18 Å². The van der Waals surface area contributed by atoms with E-state index < -0.39 is 17.9 Å². The number of nitrogens with one attached hydrogen (secondary N) is 1. The molecular formula is C26H22BrFN2O7. The van der Waals surface area contributed by atoms with Gasteiger partial charge >= 0.3 is 12.0 Å². The van der Waals surface area contributed by atoms with Gasteiger partial charge in [-0.2, -0.15) is 0 Å². The van der Waals surface area contributed by atoms with Crippen LogP contribution in [0.25, 0.3) is 6.08 Å². The summed E-state index contributed by atoms with van der Waals surface area (Å²) < 4.78 is 36.0. The summed E-state index contributed by atoms with van der Waals surface area (Å²) in [5.41, 5.74) is 0.966. The number of hydrogen-bond acceptors (Lipinski definition) is 7. The number of rotatable bonds is 9. The van der Waals surface area contributed by atoms with Gasteiger partial charge in [0.05, 0.1) is 20.3 Å². The first kappa shape index (κ1) is 26.0. The lowest BCUT2D eigenvalue weighted by Crippen LogP contribution is -2.30. The van der Waals surface area contributed by atoms with Crippen LogP contribution in [-0.2, 0) is 22.7 Å². The van der Waals surface area contributed by atoms with Crippen molar-refractivity contribution in [2.24, 2.45) is 0 Å². The summed E-state index contributed by atoms with van der Waals surface area (Å²) >= 11 is 3.46. The van der Waals surface area contributed by atoms with Gasteiger partial charge in [-0.1, -0.05) is 34.1 Å². The first-order valence-corrected chi connectivity index (χ1v) is 11.9. The molecule has 3 amide bonds. The van der Waals surface area contributed by atoms with Gasteiger partial charge in [-0.3, -0.25) is 9.69 Å². The maximum absolute atomic E-state index is 14.0. The Morgan fingerprint density at radius 3 is 2.62 bits per heavy atom. The number of carbonyl (C=O) groups excluding carboxylic acids is 3. The molecule has 0 saturated carbocycles. The van der Waals surface area contributed by atoms with Crippen LogP contribution in [0.3, 0.4) is 0 Å². The third-order valence-electron chi connectivity index (χ3n) is 5.33. The van der Waals surface area contributed by atoms with Crippen LogP contribution >= 0.6 is 15.9 Å². The van der Waals surface area contributed by atoms with Crippen molar-refractivity contribution in [3.8, 4) is 11.5 Å². The van der Waals surface area contributed by atoms with E-state index >= 15 is 0 Å². The molecule has 2 heterocycles. The molecule has 3 aromatic rings. The highest BCUT2D eigenvalue weighted by Gasteiger charge is 2.34. The second-order valence-electron chi connectivity index (χ2n) is 7.77. The lowest BCUT2D eigenvalue weighted by Gasteiger charge is -2.14. The molecule has 4 rings (SSSR count). The number of furan rings is 1. The predicted molar refractivity (Wildman–Crippen MR) is 133 cm³/mol. The quantitative estimate of drug-likeness (QED) is 0.217. The molecule has 0 radical (unpaired) electrons. The average molecular weight is 573 g/mol. The highest BCUT2D eigenvalue weighted by atomic mass is 79.9. The number of esters is 1. The normalized spacial score (nSPS) is 14.2. The number of amides is 3. The standard InChI is InChI=1S/C26H22BrFN2O7/c1-3-35-22-11-16(18(27)12-23(22)36-14-15-6-4-5-7-19(15)28)10-20-24(31)30(26(33)29-20)13-17-8-9-21(37-17)25(32)34-2/h4-12H,3,13-14H2,1-2H3,(H,29,33)/b20-10-. The van der Waals surface area contributed by atoms with E-state index in [1.54, 1.807) is 37.3 Å². The van der Waals surface area contributed by atoms with Crippen LogP contribution in [0.5, 0.6) is 11.5 Å². The van der Waals surface area contributed by atoms with Gasteiger partial charge in [0.25, 0.3) is 5.91 Å². The van der Waals surface area contributed by atoms with Gasteiger partial charge in [-0.05, 0) is 48.9 Å². The largest absolute Gasteiger partial charge is 0.490 e. The molecule has 1 aliphatic heterocycles. The van der Waals surface area contributed by atoms with Crippen LogP contribution < -0.4 is 14.8 Å². The van der Waals surface area contributed by atoms with Crippen molar-refractivity contribution >= 4 is 39.9 Å². The number of imide groups is 1. The van der Waals surface area contributed by atoms with Gasteiger partial charge in [-0.15, -0.1) is 0 Å². The monoisotopic (exact) mass is 572 g/mol. The molecule has 0 atom stereocenters. The molecule has 0 spiro atoms. The molecule has 9 nitrogen and oxygen atoms in total. The Bertz CT molecular complexity index is 1380. The molecule has 0 unspecified atom stereocenters. The van der Waals surface area contributed by atoms with E-state index in [9.17, 15) is 18.8 Å². The summed E-state index contributed by atoms with van der Waals surface area (Å²) in [6.07, 6.45) is 1.50. The van der Waals surface area contributed by atoms with Crippen molar-refractivity contribution in [1.82, 2.24) is 10.2 Å². The predicted octanol–water partition coefficient (Wildman–Crippen LogP) is 5.04. The minimum atomic E-state index is -0.666. The van der Waals surface area contributed by atoms with E-state index in [-0.39, 0.29) is 36.2 Å². The summed E-state index contributed by atoms with van der Waals surface area (Å²) in [7, 11) is 1.22. The maximum Gasteiger partial charge on any atom is 0.373 e. The van der Waals surface area contributed by atoms with Crippen LogP contribution in [0.15, 0.2) is 63.1 Å². The maximum atomic E-state index is 14.0. The summed E-state index contributed by atoms with van der Waals surface area (Å²) in [5.74, 6) is -0.662. The SMILES string of the molecule is CCOc1cc(/C=C2\NC(=O)N(Cc3ccc(C(=O)OC)o3)C2=O)c(Br)cc1OCc1ccccc1F. The van der Waals surface area contributed by atoms with Gasteiger partial charge in [0.2, 0.25) is 5.76 Å². The Hall–Kier alpha value is -4.12. The number of nitrogens with zero attached hydrogens (tertiary/aromatic N) is 1. The fourth-order valence-electron chi connectivity index (χ4n) is 3.51. The summed E-state index contributed by atoms with van der Waals surface area (Å²) in [5, 5.41) is 2.54. The molecule has 1 fully saturated rings. The van der Waals surface area contributed by atoms with E-state index in [1.165, 1.54) is 31.4 Å². The fraction of sp³-hybridized carbons (Fsp3) is 0.192. The molecule has 1 aromatic heterocycles. The number of methoxy groups -OCH3 is 1. The number of hydrogen-bond donors (Lipinski definition) is 1. The Morgan fingerprint density at radius 2 is 1.89 bits per heavy atom. The van der Waals surface area contributed by atoms with Gasteiger partial charge < -0.3 is 23.9 Å². The Kier molecular flexibility index (Phi) is 7.92. The Morgan fingerprint density at radius 1 is 1.14 bits per heavy atom. The zero-order valence-corrected chi connectivity index (χ0v) is 21.5. The molecule has 1 N–H and O–H groups in total. The van der Waals surface area contributed by atoms with E-state index in [2.05, 4.69) is 26.0 Å². The minimum absolute atomic E-state index is 0.00635. The first-order chi connectivity index (χ1) is 17.8. The van der Waals surface area contributed by atoms with Crippen molar-refractivity contribution in [2.45, 2.75) is 20.1 Å². The summed E-state index contributed by atoms with van der Waals surface area (Å²) in [6, 6.07) is 11.8. The Balaban J connectivity index is 1.54. The Labute approximate surface area is 219 Å². The molecule has 37 heavy (non-hydrogen) atoms. The van der Waals surface area contributed by atoms with Gasteiger partial charge in [0.1, 0.15) is 23.9 Å². The highest BCUT2D eigenvalue weighted by molar-refractivity contribution is 9.10. The number of carbonyl (C=O) groups is 3. The third-order valence-corrected chi connectivity index (χ3v) is 6.01. The number of benzene rings is 2. The lowest BCUT2D eigenvalue weighted by molar-refractivity contribution is -0.123. The topological polar surface area (TPSA) is 107 Å². The van der Waals surface area contributed by atoms with Crippen molar-refractivity contribution in [2.75, 3.05) is 13.7 Å². The van der Waals surface area contributed by atoms with Crippen molar-refractivity contribution < 1.29 is 37.4 Å². The average Bonchev–Trinajstić information content (AvgIpc) is 3.46. The van der Waals surface area contributed by atoms with Crippen molar-refractivity contribution in [3.05, 3.63) is 87.2 Å². The van der Waals surface area contributed by atoms with Gasteiger partial charge in [0, 0.05) is 10.0 Å². The van der Waals surface area contributed by atoms with Crippen LogP contribution in [0.2, 0.25) is 0 Å². The fourth-order valence-corrected chi connectivity index (χ4v) is 3.95. The molecule has 0 bridgehead atoms. The number of urea groups is 1. The van der Waals surface area contributed by atoms with Crippen molar-refractivity contribution in [1.29, 1.82) is 0 Å². The highest BCUT2D eigenvalue weighted by Crippen LogP contribution is 2.36. The van der Waals surface area contributed by atoms with E-state index in [1.807, 2.05) is 0 Å². The molecular weight excluding hydrogens is 551 g/mol. The second kappa shape index (κ2) is 11.3. The zero-order valence-electron chi connectivity index (χ0n) is 19.9. The summed E-state index contributed by atoms with van der Waals surface area (Å²) in [6.45, 7) is 1.97. The van der Waals surface area contributed by atoms with Crippen LogP contribution in [-0.4, -0.2) is 36.5 Å². The van der Waals surface area contributed by atoms with Gasteiger partial charge in [0.15, 0.2) is 11.5 Å². The van der Waals surface area contributed by atoms with E-state index in [4.69, 9.17) is 13.9 Å². The second-order valence-corrected chi connectivity index (χ2v) is 8.62. The van der Waals surface area contributed by atoms with Crippen molar-refractivity contribution in [3.63, 3.8) is 0 Å². The molecule has 0 aliphatic carbocycles. The minimum Gasteiger partial charge on any atom is -0.490 e. The van der Waals surface area contributed by atoms with E-state index in [0.717, 1.165) is 4.90 Å². The third kappa shape index (κ3) is 5.83. The summed E-state index contributed by atoms with van der Waals surface area (Å²) in [4.78, 5) is 37.9. The zero-order chi connectivity index (χ0) is 26.5. The molecule has 1 aliphatic rings.